The highest BCUT2D eigenvalue weighted by Crippen LogP contribution is 2.26. The van der Waals surface area contributed by atoms with Crippen LogP contribution in [0.15, 0.2) is 24.3 Å². The third-order valence-electron chi connectivity index (χ3n) is 1.40. The van der Waals surface area contributed by atoms with Crippen LogP contribution in [-0.2, 0) is 0 Å². The van der Waals surface area contributed by atoms with Crippen LogP contribution in [0.1, 0.15) is 5.56 Å². The SMILES string of the molecule is Oc1cccc(Cl)c1C=CCBr. The number of alkyl halides is 1. The molecule has 3 heteroatoms. The van der Waals surface area contributed by atoms with Crippen molar-refractivity contribution in [2.75, 3.05) is 5.33 Å². The highest BCUT2D eigenvalue weighted by Gasteiger charge is 2.00. The van der Waals surface area contributed by atoms with E-state index in [4.69, 9.17) is 11.6 Å². The van der Waals surface area contributed by atoms with Crippen molar-refractivity contribution in [2.45, 2.75) is 0 Å². The lowest BCUT2D eigenvalue weighted by Gasteiger charge is -1.99. The molecule has 0 saturated heterocycles. The van der Waals surface area contributed by atoms with E-state index in [1.54, 1.807) is 24.3 Å². The number of hydrogen-bond donors (Lipinski definition) is 1. The van der Waals surface area contributed by atoms with Crippen LogP contribution in [0.5, 0.6) is 5.75 Å². The molecule has 0 amide bonds. The smallest absolute Gasteiger partial charge is 0.124 e. The van der Waals surface area contributed by atoms with Crippen LogP contribution in [-0.4, -0.2) is 10.4 Å². The number of phenols is 1. The first kappa shape index (κ1) is 9.62. The summed E-state index contributed by atoms with van der Waals surface area (Å²) in [6.07, 6.45) is 3.66. The van der Waals surface area contributed by atoms with Crippen LogP contribution in [0.2, 0.25) is 5.02 Å². The number of benzene rings is 1. The van der Waals surface area contributed by atoms with Crippen molar-refractivity contribution < 1.29 is 5.11 Å². The van der Waals surface area contributed by atoms with Gasteiger partial charge < -0.3 is 5.11 Å². The number of phenolic OH excluding ortho intramolecular Hbond substituents is 1. The number of aromatic hydroxyl groups is 1. The van der Waals surface area contributed by atoms with Gasteiger partial charge >= 0.3 is 0 Å². The van der Waals surface area contributed by atoms with Crippen LogP contribution in [0.25, 0.3) is 6.08 Å². The van der Waals surface area contributed by atoms with Crippen LogP contribution >= 0.6 is 27.5 Å². The zero-order valence-electron chi connectivity index (χ0n) is 6.30. The van der Waals surface area contributed by atoms with Crippen molar-refractivity contribution >= 4 is 33.6 Å². The Hall–Kier alpha value is -0.470. The zero-order chi connectivity index (χ0) is 8.97. The predicted molar refractivity (Wildman–Crippen MR) is 55.9 cm³/mol. The first-order valence-corrected chi connectivity index (χ1v) is 4.95. The molecular formula is C9H8BrClO. The summed E-state index contributed by atoms with van der Waals surface area (Å²) < 4.78 is 0. The minimum atomic E-state index is 0.208. The molecule has 0 aliphatic carbocycles. The molecule has 12 heavy (non-hydrogen) atoms. The molecule has 0 bridgehead atoms. The van der Waals surface area contributed by atoms with E-state index in [9.17, 15) is 5.11 Å². The van der Waals surface area contributed by atoms with Gasteiger partial charge in [0.2, 0.25) is 0 Å². The summed E-state index contributed by atoms with van der Waals surface area (Å²) in [5, 5.41) is 10.7. The molecule has 0 fully saturated rings. The van der Waals surface area contributed by atoms with Gasteiger partial charge in [0.25, 0.3) is 0 Å². The van der Waals surface area contributed by atoms with E-state index in [0.717, 1.165) is 5.33 Å². The van der Waals surface area contributed by atoms with Crippen molar-refractivity contribution in [3.05, 3.63) is 34.9 Å². The summed E-state index contributed by atoms with van der Waals surface area (Å²) in [5.41, 5.74) is 0.665. The molecule has 0 atom stereocenters. The number of rotatable bonds is 2. The fourth-order valence-electron chi connectivity index (χ4n) is 0.853. The fraction of sp³-hybridized carbons (Fsp3) is 0.111. The fourth-order valence-corrected chi connectivity index (χ4v) is 1.27. The standard InChI is InChI=1S/C9H8BrClO/c10-6-2-3-7-8(11)4-1-5-9(7)12/h1-5,12H,6H2. The van der Waals surface area contributed by atoms with Gasteiger partial charge in [0.05, 0.1) is 5.02 Å². The molecule has 0 aliphatic heterocycles. The Morgan fingerprint density at radius 2 is 2.25 bits per heavy atom. The van der Waals surface area contributed by atoms with E-state index in [2.05, 4.69) is 15.9 Å². The summed E-state index contributed by atoms with van der Waals surface area (Å²) in [5.74, 6) is 0.208. The average Bonchev–Trinajstić information content (AvgIpc) is 2.04. The molecule has 1 rings (SSSR count). The van der Waals surface area contributed by atoms with E-state index >= 15 is 0 Å². The molecule has 1 aromatic carbocycles. The molecule has 0 aliphatic rings. The summed E-state index contributed by atoms with van der Waals surface area (Å²) in [6, 6.07) is 5.07. The van der Waals surface area contributed by atoms with E-state index < -0.39 is 0 Å². The first-order valence-electron chi connectivity index (χ1n) is 3.45. The molecule has 1 N–H and O–H groups in total. The lowest BCUT2D eigenvalue weighted by molar-refractivity contribution is 0.474. The normalized spacial score (nSPS) is 10.8. The van der Waals surface area contributed by atoms with Gasteiger partial charge in [0, 0.05) is 10.9 Å². The Morgan fingerprint density at radius 1 is 1.50 bits per heavy atom. The Bertz CT molecular complexity index is 276. The van der Waals surface area contributed by atoms with Crippen LogP contribution in [0.4, 0.5) is 0 Å². The summed E-state index contributed by atoms with van der Waals surface area (Å²) in [7, 11) is 0. The molecule has 0 aromatic heterocycles. The predicted octanol–water partition coefficient (Wildman–Crippen LogP) is 3.45. The molecular weight excluding hydrogens is 239 g/mol. The number of allylic oxidation sites excluding steroid dienone is 1. The maximum Gasteiger partial charge on any atom is 0.124 e. The Labute approximate surface area is 84.8 Å². The Morgan fingerprint density at radius 3 is 2.83 bits per heavy atom. The largest absolute Gasteiger partial charge is 0.507 e. The molecule has 0 radical (unpaired) electrons. The van der Waals surface area contributed by atoms with Crippen LogP contribution < -0.4 is 0 Å². The molecule has 64 valence electrons. The molecule has 0 heterocycles. The van der Waals surface area contributed by atoms with Gasteiger partial charge in [-0.3, -0.25) is 0 Å². The van der Waals surface area contributed by atoms with E-state index in [1.165, 1.54) is 0 Å². The third-order valence-corrected chi connectivity index (χ3v) is 2.11. The maximum absolute atomic E-state index is 9.37. The number of halogens is 2. The topological polar surface area (TPSA) is 20.2 Å². The second-order valence-electron chi connectivity index (χ2n) is 2.23. The highest BCUT2D eigenvalue weighted by atomic mass is 79.9. The van der Waals surface area contributed by atoms with Gasteiger partial charge in [-0.05, 0) is 12.1 Å². The van der Waals surface area contributed by atoms with Crippen molar-refractivity contribution in [1.82, 2.24) is 0 Å². The van der Waals surface area contributed by atoms with Crippen molar-refractivity contribution in [2.24, 2.45) is 0 Å². The molecule has 0 unspecified atom stereocenters. The van der Waals surface area contributed by atoms with Crippen LogP contribution in [0, 0.1) is 0 Å². The van der Waals surface area contributed by atoms with E-state index in [0.29, 0.717) is 10.6 Å². The second kappa shape index (κ2) is 4.53. The highest BCUT2D eigenvalue weighted by molar-refractivity contribution is 9.09. The summed E-state index contributed by atoms with van der Waals surface area (Å²) in [6.45, 7) is 0. The average molecular weight is 248 g/mol. The monoisotopic (exact) mass is 246 g/mol. The molecule has 0 saturated carbocycles. The van der Waals surface area contributed by atoms with Gasteiger partial charge in [0.1, 0.15) is 5.75 Å². The van der Waals surface area contributed by atoms with Crippen LogP contribution in [0.3, 0.4) is 0 Å². The van der Waals surface area contributed by atoms with E-state index in [1.807, 2.05) is 6.08 Å². The molecule has 0 spiro atoms. The van der Waals surface area contributed by atoms with Gasteiger partial charge in [-0.1, -0.05) is 45.7 Å². The molecule has 1 aromatic rings. The first-order chi connectivity index (χ1) is 5.75. The second-order valence-corrected chi connectivity index (χ2v) is 3.28. The van der Waals surface area contributed by atoms with Crippen molar-refractivity contribution in [3.8, 4) is 5.75 Å². The minimum absolute atomic E-state index is 0.208. The third kappa shape index (κ3) is 2.26. The van der Waals surface area contributed by atoms with Gasteiger partial charge in [-0.15, -0.1) is 0 Å². The summed E-state index contributed by atoms with van der Waals surface area (Å²) >= 11 is 9.08. The Kier molecular flexibility index (Phi) is 3.63. The maximum atomic E-state index is 9.37. The number of hydrogen-bond acceptors (Lipinski definition) is 1. The van der Waals surface area contributed by atoms with E-state index in [-0.39, 0.29) is 5.75 Å². The van der Waals surface area contributed by atoms with Gasteiger partial charge in [-0.25, -0.2) is 0 Å². The zero-order valence-corrected chi connectivity index (χ0v) is 8.64. The van der Waals surface area contributed by atoms with Crippen molar-refractivity contribution in [1.29, 1.82) is 0 Å². The lowest BCUT2D eigenvalue weighted by Crippen LogP contribution is -1.76. The van der Waals surface area contributed by atoms with Gasteiger partial charge in [-0.2, -0.15) is 0 Å². The van der Waals surface area contributed by atoms with Crippen molar-refractivity contribution in [3.63, 3.8) is 0 Å². The minimum Gasteiger partial charge on any atom is -0.507 e. The summed E-state index contributed by atoms with van der Waals surface area (Å²) in [4.78, 5) is 0. The lowest BCUT2D eigenvalue weighted by atomic mass is 10.2. The van der Waals surface area contributed by atoms with Gasteiger partial charge in [0.15, 0.2) is 0 Å². The quantitative estimate of drug-likeness (QED) is 0.794. The Balaban J connectivity index is 3.04. The molecule has 1 nitrogen and oxygen atoms in total.